The van der Waals surface area contributed by atoms with E-state index >= 15 is 0 Å². The molecule has 7 nitrogen and oxygen atoms in total. The highest BCUT2D eigenvalue weighted by atomic mass is 79.9. The van der Waals surface area contributed by atoms with Crippen molar-refractivity contribution < 1.29 is 9.59 Å². The first-order chi connectivity index (χ1) is 10.1. The van der Waals surface area contributed by atoms with Gasteiger partial charge in [0.1, 0.15) is 12.2 Å². The van der Waals surface area contributed by atoms with Crippen molar-refractivity contribution in [3.05, 3.63) is 46.5 Å². The van der Waals surface area contributed by atoms with E-state index in [9.17, 15) is 9.59 Å². The molecule has 0 unspecified atom stereocenters. The summed E-state index contributed by atoms with van der Waals surface area (Å²) >= 11 is 3.30. The Kier molecular flexibility index (Phi) is 5.04. The van der Waals surface area contributed by atoms with Crippen LogP contribution in [0.15, 0.2) is 35.1 Å². The smallest absolute Gasteiger partial charge is 0.251 e. The SMILES string of the molecule is CN(Cc1ncn[nH]1)C(=O)CNC(=O)c1ccc(Br)cc1. The molecular formula is C13H14BrN5O2. The van der Waals surface area contributed by atoms with Gasteiger partial charge in [-0.1, -0.05) is 15.9 Å². The molecule has 0 bridgehead atoms. The Bertz CT molecular complexity index is 612. The maximum atomic E-state index is 11.9. The first kappa shape index (κ1) is 15.2. The van der Waals surface area contributed by atoms with E-state index < -0.39 is 0 Å². The molecule has 0 spiro atoms. The number of aromatic nitrogens is 3. The summed E-state index contributed by atoms with van der Waals surface area (Å²) in [5, 5.41) is 8.97. The Morgan fingerprint density at radius 2 is 2.05 bits per heavy atom. The Labute approximate surface area is 129 Å². The predicted octanol–water partition coefficient (Wildman–Crippen LogP) is 0.956. The van der Waals surface area contributed by atoms with Crippen molar-refractivity contribution in [3.63, 3.8) is 0 Å². The molecule has 0 saturated carbocycles. The molecule has 0 fully saturated rings. The number of aromatic amines is 1. The van der Waals surface area contributed by atoms with Gasteiger partial charge in [0.15, 0.2) is 0 Å². The fourth-order valence-corrected chi connectivity index (χ4v) is 1.88. The maximum Gasteiger partial charge on any atom is 0.251 e. The highest BCUT2D eigenvalue weighted by Crippen LogP contribution is 2.10. The Hall–Kier alpha value is -2.22. The van der Waals surface area contributed by atoms with Gasteiger partial charge >= 0.3 is 0 Å². The molecule has 1 aromatic carbocycles. The van der Waals surface area contributed by atoms with Crippen LogP contribution in [0.4, 0.5) is 0 Å². The summed E-state index contributed by atoms with van der Waals surface area (Å²) in [4.78, 5) is 29.2. The van der Waals surface area contributed by atoms with Gasteiger partial charge in [0, 0.05) is 17.1 Å². The number of nitrogens with one attached hydrogen (secondary N) is 2. The van der Waals surface area contributed by atoms with Crippen LogP contribution in [0.2, 0.25) is 0 Å². The standard InChI is InChI=1S/C13H14BrN5O2/c1-19(7-11-16-8-17-18-11)12(20)6-15-13(21)9-2-4-10(14)5-3-9/h2-5,8H,6-7H2,1H3,(H,15,21)(H,16,17,18). The predicted molar refractivity (Wildman–Crippen MR) is 79.3 cm³/mol. The average molecular weight is 352 g/mol. The molecule has 2 aromatic rings. The van der Waals surface area contributed by atoms with Crippen LogP contribution in [0.25, 0.3) is 0 Å². The van der Waals surface area contributed by atoms with E-state index in [1.807, 2.05) is 0 Å². The Morgan fingerprint density at radius 3 is 2.67 bits per heavy atom. The molecule has 110 valence electrons. The maximum absolute atomic E-state index is 11.9. The van der Waals surface area contributed by atoms with Crippen LogP contribution < -0.4 is 5.32 Å². The molecule has 1 heterocycles. The van der Waals surface area contributed by atoms with Crippen molar-refractivity contribution in [2.75, 3.05) is 13.6 Å². The number of carbonyl (C=O) groups excluding carboxylic acids is 2. The molecule has 0 saturated heterocycles. The monoisotopic (exact) mass is 351 g/mol. The number of nitrogens with zero attached hydrogens (tertiary/aromatic N) is 3. The zero-order chi connectivity index (χ0) is 15.2. The summed E-state index contributed by atoms with van der Waals surface area (Å²) in [6.45, 7) is 0.243. The van der Waals surface area contributed by atoms with Gasteiger partial charge < -0.3 is 10.2 Å². The first-order valence-corrected chi connectivity index (χ1v) is 6.97. The highest BCUT2D eigenvalue weighted by molar-refractivity contribution is 9.10. The van der Waals surface area contributed by atoms with Crippen molar-refractivity contribution >= 4 is 27.7 Å². The molecule has 0 aliphatic rings. The van der Waals surface area contributed by atoms with E-state index in [2.05, 4.69) is 36.4 Å². The molecule has 0 radical (unpaired) electrons. The van der Waals surface area contributed by atoms with Crippen molar-refractivity contribution in [3.8, 4) is 0 Å². The molecule has 8 heteroatoms. The fraction of sp³-hybridized carbons (Fsp3) is 0.231. The third-order valence-electron chi connectivity index (χ3n) is 2.78. The molecule has 0 aliphatic carbocycles. The number of likely N-dealkylation sites (N-methyl/N-ethyl adjacent to an activating group) is 1. The van der Waals surface area contributed by atoms with Gasteiger partial charge in [-0.15, -0.1) is 0 Å². The number of halogens is 1. The van der Waals surface area contributed by atoms with Gasteiger partial charge in [-0.3, -0.25) is 14.7 Å². The minimum Gasteiger partial charge on any atom is -0.343 e. The lowest BCUT2D eigenvalue weighted by atomic mass is 10.2. The van der Waals surface area contributed by atoms with E-state index in [1.165, 1.54) is 11.2 Å². The van der Waals surface area contributed by atoms with Gasteiger partial charge in [0.2, 0.25) is 5.91 Å². The highest BCUT2D eigenvalue weighted by Gasteiger charge is 2.12. The fourth-order valence-electron chi connectivity index (χ4n) is 1.61. The zero-order valence-electron chi connectivity index (χ0n) is 11.3. The van der Waals surface area contributed by atoms with E-state index in [0.717, 1.165) is 4.47 Å². The van der Waals surface area contributed by atoms with E-state index in [4.69, 9.17) is 0 Å². The zero-order valence-corrected chi connectivity index (χ0v) is 12.9. The lowest BCUT2D eigenvalue weighted by Gasteiger charge is -2.15. The van der Waals surface area contributed by atoms with Gasteiger partial charge in [-0.05, 0) is 24.3 Å². The number of H-pyrrole nitrogens is 1. The lowest BCUT2D eigenvalue weighted by molar-refractivity contribution is -0.129. The van der Waals surface area contributed by atoms with Crippen LogP contribution in [-0.4, -0.2) is 45.5 Å². The summed E-state index contributed by atoms with van der Waals surface area (Å²) in [5.74, 6) is 0.0888. The number of rotatable bonds is 5. The number of carbonyl (C=O) groups is 2. The normalized spacial score (nSPS) is 10.2. The van der Waals surface area contributed by atoms with Crippen LogP contribution in [0.5, 0.6) is 0 Å². The van der Waals surface area contributed by atoms with Crippen LogP contribution in [0, 0.1) is 0 Å². The number of hydrogen-bond acceptors (Lipinski definition) is 4. The van der Waals surface area contributed by atoms with Gasteiger partial charge in [-0.2, -0.15) is 5.10 Å². The van der Waals surface area contributed by atoms with Crippen molar-refractivity contribution in [1.82, 2.24) is 25.4 Å². The third kappa shape index (κ3) is 4.38. The van der Waals surface area contributed by atoms with Crippen molar-refractivity contribution in [1.29, 1.82) is 0 Å². The second kappa shape index (κ2) is 6.98. The lowest BCUT2D eigenvalue weighted by Crippen LogP contribution is -2.38. The van der Waals surface area contributed by atoms with E-state index in [-0.39, 0.29) is 18.4 Å². The van der Waals surface area contributed by atoms with Gasteiger partial charge in [-0.25, -0.2) is 4.98 Å². The second-order valence-electron chi connectivity index (χ2n) is 4.37. The molecule has 21 heavy (non-hydrogen) atoms. The molecule has 0 atom stereocenters. The number of benzene rings is 1. The third-order valence-corrected chi connectivity index (χ3v) is 3.31. The van der Waals surface area contributed by atoms with Gasteiger partial charge in [0.25, 0.3) is 5.91 Å². The van der Waals surface area contributed by atoms with E-state index in [0.29, 0.717) is 17.9 Å². The Balaban J connectivity index is 1.83. The molecule has 2 N–H and O–H groups in total. The molecular weight excluding hydrogens is 338 g/mol. The minimum atomic E-state index is -0.288. The van der Waals surface area contributed by atoms with Crippen LogP contribution >= 0.6 is 15.9 Å². The molecule has 2 rings (SSSR count). The number of amides is 2. The van der Waals surface area contributed by atoms with Crippen molar-refractivity contribution in [2.45, 2.75) is 6.54 Å². The summed E-state index contributed by atoms with van der Waals surface area (Å²) in [6, 6.07) is 6.91. The average Bonchev–Trinajstić information content (AvgIpc) is 2.98. The van der Waals surface area contributed by atoms with Crippen LogP contribution in [-0.2, 0) is 11.3 Å². The van der Waals surface area contributed by atoms with Crippen LogP contribution in [0.3, 0.4) is 0 Å². The molecule has 1 aromatic heterocycles. The first-order valence-electron chi connectivity index (χ1n) is 6.18. The topological polar surface area (TPSA) is 91.0 Å². The van der Waals surface area contributed by atoms with Crippen LogP contribution in [0.1, 0.15) is 16.2 Å². The van der Waals surface area contributed by atoms with E-state index in [1.54, 1.807) is 31.3 Å². The number of hydrogen-bond donors (Lipinski definition) is 2. The summed E-state index contributed by atoms with van der Waals surface area (Å²) in [6.07, 6.45) is 1.38. The molecule has 2 amide bonds. The van der Waals surface area contributed by atoms with Crippen molar-refractivity contribution in [2.24, 2.45) is 0 Å². The molecule has 0 aliphatic heterocycles. The minimum absolute atomic E-state index is 0.0699. The quantitative estimate of drug-likeness (QED) is 0.839. The summed E-state index contributed by atoms with van der Waals surface area (Å²) < 4.78 is 0.891. The summed E-state index contributed by atoms with van der Waals surface area (Å²) in [7, 11) is 1.64. The largest absolute Gasteiger partial charge is 0.343 e. The van der Waals surface area contributed by atoms with Gasteiger partial charge in [0.05, 0.1) is 13.1 Å². The second-order valence-corrected chi connectivity index (χ2v) is 5.29. The Morgan fingerprint density at radius 1 is 1.33 bits per heavy atom. The summed E-state index contributed by atoms with van der Waals surface area (Å²) in [5.41, 5.74) is 0.504.